The summed E-state index contributed by atoms with van der Waals surface area (Å²) in [6.07, 6.45) is 4.16. The lowest BCUT2D eigenvalue weighted by Gasteiger charge is -2.15. The molecule has 0 bridgehead atoms. The SMILES string of the molecule is CNCC1(CNCc2ccc3ncoc3c2)CC1. The Morgan fingerprint density at radius 1 is 1.33 bits per heavy atom. The lowest BCUT2D eigenvalue weighted by molar-refractivity contribution is 0.438. The molecule has 0 saturated heterocycles. The number of oxazole rings is 1. The van der Waals surface area contributed by atoms with Crippen molar-refractivity contribution in [2.24, 2.45) is 5.41 Å². The monoisotopic (exact) mass is 245 g/mol. The fourth-order valence-electron chi connectivity index (χ4n) is 2.45. The Labute approximate surface area is 107 Å². The van der Waals surface area contributed by atoms with Crippen LogP contribution in [0.3, 0.4) is 0 Å². The molecule has 96 valence electrons. The van der Waals surface area contributed by atoms with E-state index in [9.17, 15) is 0 Å². The second-order valence-corrected chi connectivity index (χ2v) is 5.29. The molecule has 1 aromatic carbocycles. The van der Waals surface area contributed by atoms with Crippen molar-refractivity contribution in [3.8, 4) is 0 Å². The van der Waals surface area contributed by atoms with Crippen LogP contribution in [0.4, 0.5) is 0 Å². The zero-order chi connectivity index (χ0) is 12.4. The Morgan fingerprint density at radius 3 is 3.00 bits per heavy atom. The van der Waals surface area contributed by atoms with Crippen LogP contribution in [0.2, 0.25) is 0 Å². The normalized spacial score (nSPS) is 17.2. The van der Waals surface area contributed by atoms with Crippen LogP contribution in [0, 0.1) is 5.41 Å². The summed E-state index contributed by atoms with van der Waals surface area (Å²) >= 11 is 0. The molecule has 1 heterocycles. The quantitative estimate of drug-likeness (QED) is 0.816. The van der Waals surface area contributed by atoms with Gasteiger partial charge in [0.25, 0.3) is 0 Å². The highest BCUT2D eigenvalue weighted by Crippen LogP contribution is 2.44. The second-order valence-electron chi connectivity index (χ2n) is 5.29. The van der Waals surface area contributed by atoms with Crippen molar-refractivity contribution in [3.05, 3.63) is 30.2 Å². The molecule has 0 amide bonds. The van der Waals surface area contributed by atoms with Crippen molar-refractivity contribution in [1.29, 1.82) is 0 Å². The number of nitrogens with one attached hydrogen (secondary N) is 2. The first-order valence-corrected chi connectivity index (χ1v) is 6.49. The van der Waals surface area contributed by atoms with E-state index >= 15 is 0 Å². The van der Waals surface area contributed by atoms with E-state index in [4.69, 9.17) is 4.42 Å². The number of benzene rings is 1. The van der Waals surface area contributed by atoms with Gasteiger partial charge in [-0.2, -0.15) is 0 Å². The van der Waals surface area contributed by atoms with Crippen LogP contribution in [0.25, 0.3) is 11.1 Å². The molecule has 1 aliphatic carbocycles. The first-order valence-electron chi connectivity index (χ1n) is 6.49. The average molecular weight is 245 g/mol. The zero-order valence-electron chi connectivity index (χ0n) is 10.7. The summed E-state index contributed by atoms with van der Waals surface area (Å²) < 4.78 is 5.31. The number of fused-ring (bicyclic) bond motifs is 1. The van der Waals surface area contributed by atoms with Crippen LogP contribution in [0.15, 0.2) is 29.0 Å². The summed E-state index contributed by atoms with van der Waals surface area (Å²) in [5.74, 6) is 0. The third-order valence-electron chi connectivity index (χ3n) is 3.73. The van der Waals surface area contributed by atoms with Crippen molar-refractivity contribution in [3.63, 3.8) is 0 Å². The van der Waals surface area contributed by atoms with E-state index in [1.54, 1.807) is 0 Å². The van der Waals surface area contributed by atoms with E-state index < -0.39 is 0 Å². The van der Waals surface area contributed by atoms with Crippen molar-refractivity contribution >= 4 is 11.1 Å². The summed E-state index contributed by atoms with van der Waals surface area (Å²) in [5.41, 5.74) is 3.54. The van der Waals surface area contributed by atoms with E-state index in [-0.39, 0.29) is 0 Å². The van der Waals surface area contributed by atoms with E-state index in [1.165, 1.54) is 24.8 Å². The molecule has 0 unspecified atom stereocenters. The van der Waals surface area contributed by atoms with Crippen LogP contribution in [-0.2, 0) is 6.54 Å². The van der Waals surface area contributed by atoms with Gasteiger partial charge in [-0.3, -0.25) is 0 Å². The largest absolute Gasteiger partial charge is 0.443 e. The molecular weight excluding hydrogens is 226 g/mol. The Morgan fingerprint density at radius 2 is 2.22 bits per heavy atom. The summed E-state index contributed by atoms with van der Waals surface area (Å²) in [6.45, 7) is 3.09. The molecule has 3 rings (SSSR count). The van der Waals surface area contributed by atoms with Crippen LogP contribution in [0.5, 0.6) is 0 Å². The van der Waals surface area contributed by atoms with Gasteiger partial charge in [0.15, 0.2) is 12.0 Å². The average Bonchev–Trinajstić information content (AvgIpc) is 2.97. The van der Waals surface area contributed by atoms with Crippen molar-refractivity contribution < 1.29 is 4.42 Å². The maximum absolute atomic E-state index is 5.31. The highest BCUT2D eigenvalue weighted by atomic mass is 16.3. The Hall–Kier alpha value is -1.39. The molecule has 2 aromatic rings. The minimum atomic E-state index is 0.505. The van der Waals surface area contributed by atoms with Gasteiger partial charge in [-0.15, -0.1) is 0 Å². The Bertz CT molecular complexity index is 531. The molecule has 1 aliphatic rings. The number of nitrogens with zero attached hydrogens (tertiary/aromatic N) is 1. The van der Waals surface area contributed by atoms with Crippen LogP contribution in [0.1, 0.15) is 18.4 Å². The predicted octanol–water partition coefficient (Wildman–Crippen LogP) is 1.92. The number of aromatic nitrogens is 1. The standard InChI is InChI=1S/C14H19N3O/c1-15-8-14(4-5-14)9-16-7-11-2-3-12-13(6-11)18-10-17-12/h2-3,6,10,15-16H,4-5,7-9H2,1H3. The molecule has 18 heavy (non-hydrogen) atoms. The number of hydrogen-bond acceptors (Lipinski definition) is 4. The highest BCUT2D eigenvalue weighted by Gasteiger charge is 2.41. The summed E-state index contributed by atoms with van der Waals surface area (Å²) in [5, 5.41) is 6.82. The third-order valence-corrected chi connectivity index (χ3v) is 3.73. The molecular formula is C14H19N3O. The van der Waals surface area contributed by atoms with Gasteiger partial charge in [-0.25, -0.2) is 4.98 Å². The predicted molar refractivity (Wildman–Crippen MR) is 71.3 cm³/mol. The third kappa shape index (κ3) is 2.40. The topological polar surface area (TPSA) is 50.1 Å². The Kier molecular flexibility index (Phi) is 3.06. The second kappa shape index (κ2) is 4.71. The Balaban J connectivity index is 1.56. The first kappa shape index (κ1) is 11.7. The molecule has 1 fully saturated rings. The maximum atomic E-state index is 5.31. The van der Waals surface area contributed by atoms with Gasteiger partial charge in [0, 0.05) is 19.6 Å². The van der Waals surface area contributed by atoms with Crippen LogP contribution >= 0.6 is 0 Å². The molecule has 0 aliphatic heterocycles. The maximum Gasteiger partial charge on any atom is 0.181 e. The minimum absolute atomic E-state index is 0.505. The van der Waals surface area contributed by atoms with Gasteiger partial charge < -0.3 is 15.1 Å². The van der Waals surface area contributed by atoms with Crippen molar-refractivity contribution in [2.45, 2.75) is 19.4 Å². The lowest BCUT2D eigenvalue weighted by atomic mass is 10.1. The van der Waals surface area contributed by atoms with Gasteiger partial charge in [-0.1, -0.05) is 6.07 Å². The molecule has 1 aromatic heterocycles. The first-order chi connectivity index (χ1) is 8.81. The smallest absolute Gasteiger partial charge is 0.181 e. The van der Waals surface area contributed by atoms with Gasteiger partial charge in [0.1, 0.15) is 5.52 Å². The minimum Gasteiger partial charge on any atom is -0.443 e. The molecule has 2 N–H and O–H groups in total. The summed E-state index contributed by atoms with van der Waals surface area (Å²) in [4.78, 5) is 4.12. The van der Waals surface area contributed by atoms with Crippen molar-refractivity contribution in [2.75, 3.05) is 20.1 Å². The molecule has 1 saturated carbocycles. The summed E-state index contributed by atoms with van der Waals surface area (Å²) in [6, 6.07) is 6.18. The molecule has 0 atom stereocenters. The van der Waals surface area contributed by atoms with E-state index in [2.05, 4.69) is 27.8 Å². The number of hydrogen-bond donors (Lipinski definition) is 2. The van der Waals surface area contributed by atoms with Crippen LogP contribution in [-0.4, -0.2) is 25.1 Å². The molecule has 0 radical (unpaired) electrons. The molecule has 4 heteroatoms. The van der Waals surface area contributed by atoms with Gasteiger partial charge in [0.05, 0.1) is 0 Å². The fraction of sp³-hybridized carbons (Fsp3) is 0.500. The molecule has 0 spiro atoms. The highest BCUT2D eigenvalue weighted by molar-refractivity contribution is 5.72. The number of rotatable bonds is 6. The van der Waals surface area contributed by atoms with Crippen molar-refractivity contribution in [1.82, 2.24) is 15.6 Å². The van der Waals surface area contributed by atoms with Crippen LogP contribution < -0.4 is 10.6 Å². The lowest BCUT2D eigenvalue weighted by Crippen LogP contribution is -2.30. The van der Waals surface area contributed by atoms with Gasteiger partial charge in [-0.05, 0) is 43.0 Å². The molecule has 4 nitrogen and oxygen atoms in total. The fourth-order valence-corrected chi connectivity index (χ4v) is 2.45. The van der Waals surface area contributed by atoms with Gasteiger partial charge >= 0.3 is 0 Å². The van der Waals surface area contributed by atoms with Gasteiger partial charge in [0.2, 0.25) is 0 Å². The summed E-state index contributed by atoms with van der Waals surface area (Å²) in [7, 11) is 2.03. The zero-order valence-corrected chi connectivity index (χ0v) is 10.7. The van der Waals surface area contributed by atoms with E-state index in [1.807, 2.05) is 13.1 Å². The van der Waals surface area contributed by atoms with E-state index in [0.29, 0.717) is 5.41 Å². The van der Waals surface area contributed by atoms with E-state index in [0.717, 1.165) is 30.7 Å².